The number of hydrogen-bond donors (Lipinski definition) is 2. The minimum Gasteiger partial charge on any atom is -0.507 e. The molecule has 22 heavy (non-hydrogen) atoms. The predicted molar refractivity (Wildman–Crippen MR) is 89.3 cm³/mol. The maximum absolute atomic E-state index is 9.95. The predicted octanol–water partition coefficient (Wildman–Crippen LogP) is 5.17. The molecule has 2 aromatic carbocycles. The smallest absolute Gasteiger partial charge is 0.182 e. The highest BCUT2D eigenvalue weighted by atomic mass is 35.5. The van der Waals surface area contributed by atoms with E-state index in [0.717, 1.165) is 0 Å². The lowest BCUT2D eigenvalue weighted by Gasteiger charge is -2.01. The summed E-state index contributed by atoms with van der Waals surface area (Å²) in [4.78, 5) is 4.23. The molecule has 0 atom stereocenters. The van der Waals surface area contributed by atoms with Crippen LogP contribution in [-0.4, -0.2) is 10.1 Å². The molecule has 0 bridgehead atoms. The maximum Gasteiger partial charge on any atom is 0.182 e. The van der Waals surface area contributed by atoms with E-state index in [9.17, 15) is 5.11 Å². The van der Waals surface area contributed by atoms with Gasteiger partial charge < -0.3 is 10.8 Å². The second-order valence-electron chi connectivity index (χ2n) is 4.40. The van der Waals surface area contributed by atoms with E-state index in [0.29, 0.717) is 32.1 Å². The summed E-state index contributed by atoms with van der Waals surface area (Å²) >= 11 is 7.04. The molecule has 1 heterocycles. The number of aromatic nitrogens is 1. The Morgan fingerprint density at radius 1 is 1.05 bits per heavy atom. The molecular formula is C15H11ClN4OS. The number of benzene rings is 2. The van der Waals surface area contributed by atoms with Crippen molar-refractivity contribution < 1.29 is 5.11 Å². The zero-order valence-electron chi connectivity index (χ0n) is 11.3. The van der Waals surface area contributed by atoms with E-state index in [1.54, 1.807) is 42.5 Å². The Kier molecular flexibility index (Phi) is 4.04. The van der Waals surface area contributed by atoms with E-state index in [2.05, 4.69) is 15.2 Å². The average molecular weight is 331 g/mol. The Morgan fingerprint density at radius 2 is 1.77 bits per heavy atom. The largest absolute Gasteiger partial charge is 0.507 e. The molecular weight excluding hydrogens is 320 g/mol. The van der Waals surface area contributed by atoms with Gasteiger partial charge in [-0.25, -0.2) is 4.98 Å². The molecule has 110 valence electrons. The number of anilines is 1. The fourth-order valence-electron chi connectivity index (χ4n) is 1.86. The Bertz CT molecular complexity index is 830. The van der Waals surface area contributed by atoms with Gasteiger partial charge >= 0.3 is 0 Å². The molecule has 0 spiro atoms. The highest BCUT2D eigenvalue weighted by Crippen LogP contribution is 2.40. The van der Waals surface area contributed by atoms with Crippen LogP contribution < -0.4 is 5.73 Å². The summed E-state index contributed by atoms with van der Waals surface area (Å²) < 4.78 is 0. The van der Waals surface area contributed by atoms with Gasteiger partial charge in [-0.05, 0) is 36.4 Å². The zero-order chi connectivity index (χ0) is 15.5. The number of nitrogen functional groups attached to an aromatic ring is 1. The van der Waals surface area contributed by atoms with Crippen molar-refractivity contribution in [3.63, 3.8) is 0 Å². The molecule has 0 aliphatic heterocycles. The summed E-state index contributed by atoms with van der Waals surface area (Å²) in [6.07, 6.45) is 0. The fraction of sp³-hybridized carbons (Fsp3) is 0. The van der Waals surface area contributed by atoms with E-state index in [1.165, 1.54) is 11.3 Å². The number of nitrogens with zero attached hydrogens (tertiary/aromatic N) is 3. The van der Waals surface area contributed by atoms with Gasteiger partial charge in [0.1, 0.15) is 11.4 Å². The molecule has 3 rings (SSSR count). The van der Waals surface area contributed by atoms with E-state index in [4.69, 9.17) is 17.3 Å². The number of phenols is 1. The van der Waals surface area contributed by atoms with E-state index in [1.807, 2.05) is 6.07 Å². The maximum atomic E-state index is 9.95. The average Bonchev–Trinajstić information content (AvgIpc) is 2.88. The van der Waals surface area contributed by atoms with Crippen molar-refractivity contribution in [3.05, 3.63) is 53.6 Å². The van der Waals surface area contributed by atoms with Gasteiger partial charge in [0, 0.05) is 10.6 Å². The van der Waals surface area contributed by atoms with Gasteiger partial charge in [-0.2, -0.15) is 0 Å². The van der Waals surface area contributed by atoms with Crippen LogP contribution >= 0.6 is 22.9 Å². The second kappa shape index (κ2) is 6.13. The first-order valence-electron chi connectivity index (χ1n) is 6.35. The van der Waals surface area contributed by atoms with Crippen LogP contribution in [0.5, 0.6) is 5.75 Å². The number of aromatic hydroxyl groups is 1. The molecule has 3 N–H and O–H groups in total. The topological polar surface area (TPSA) is 83.9 Å². The number of para-hydroxylation sites is 1. The Labute approximate surface area is 135 Å². The molecule has 0 fully saturated rings. The van der Waals surface area contributed by atoms with E-state index in [-0.39, 0.29) is 5.75 Å². The molecule has 0 amide bonds. The van der Waals surface area contributed by atoms with Crippen LogP contribution in [0, 0.1) is 0 Å². The fourth-order valence-corrected chi connectivity index (χ4v) is 2.65. The molecule has 1 aromatic heterocycles. The van der Waals surface area contributed by atoms with Crippen molar-refractivity contribution in [2.24, 2.45) is 10.2 Å². The van der Waals surface area contributed by atoms with Gasteiger partial charge in [-0.1, -0.05) is 35.1 Å². The van der Waals surface area contributed by atoms with Gasteiger partial charge in [-0.15, -0.1) is 10.2 Å². The first-order chi connectivity index (χ1) is 10.6. The Balaban J connectivity index is 1.98. The molecule has 5 nitrogen and oxygen atoms in total. The number of azo groups is 1. The third-order valence-electron chi connectivity index (χ3n) is 2.87. The second-order valence-corrected chi connectivity index (χ2v) is 5.84. The van der Waals surface area contributed by atoms with E-state index >= 15 is 0 Å². The Morgan fingerprint density at radius 3 is 2.50 bits per heavy atom. The van der Waals surface area contributed by atoms with E-state index < -0.39 is 0 Å². The minimum atomic E-state index is 0.121. The molecule has 7 heteroatoms. The van der Waals surface area contributed by atoms with Gasteiger partial charge in [0.25, 0.3) is 0 Å². The van der Waals surface area contributed by atoms with Crippen LogP contribution in [0.1, 0.15) is 0 Å². The molecule has 0 saturated heterocycles. The van der Waals surface area contributed by atoms with Gasteiger partial charge in [0.15, 0.2) is 10.1 Å². The van der Waals surface area contributed by atoms with Gasteiger partial charge in [0.2, 0.25) is 0 Å². The van der Waals surface area contributed by atoms with Crippen LogP contribution in [0.2, 0.25) is 5.02 Å². The molecule has 0 radical (unpaired) electrons. The lowest BCUT2D eigenvalue weighted by Crippen LogP contribution is -1.83. The first-order valence-corrected chi connectivity index (χ1v) is 7.55. The van der Waals surface area contributed by atoms with Crippen molar-refractivity contribution >= 4 is 38.8 Å². The van der Waals surface area contributed by atoms with Crippen LogP contribution in [0.25, 0.3) is 11.3 Å². The first kappa shape index (κ1) is 14.5. The quantitative estimate of drug-likeness (QED) is 0.650. The standard InChI is InChI=1S/C15H11ClN4OS/c16-9-5-7-10(8-6-9)19-20-14-13(18-15(17)22-14)11-3-1-2-4-12(11)21/h1-8,21H,(H2,17,18). The summed E-state index contributed by atoms with van der Waals surface area (Å²) in [5.74, 6) is 0.121. The highest BCUT2D eigenvalue weighted by Gasteiger charge is 2.14. The lowest BCUT2D eigenvalue weighted by molar-refractivity contribution is 0.477. The van der Waals surface area contributed by atoms with Crippen LogP contribution in [0.4, 0.5) is 15.8 Å². The van der Waals surface area contributed by atoms with Crippen LogP contribution in [0.15, 0.2) is 58.8 Å². The normalized spacial score (nSPS) is 11.1. The number of hydrogen-bond acceptors (Lipinski definition) is 6. The number of halogens is 1. The van der Waals surface area contributed by atoms with Gasteiger partial charge in [0.05, 0.1) is 5.69 Å². The number of nitrogens with two attached hydrogens (primary N) is 1. The van der Waals surface area contributed by atoms with Gasteiger partial charge in [-0.3, -0.25) is 0 Å². The zero-order valence-corrected chi connectivity index (χ0v) is 12.8. The monoisotopic (exact) mass is 330 g/mol. The van der Waals surface area contributed by atoms with Crippen molar-refractivity contribution in [2.75, 3.05) is 5.73 Å². The van der Waals surface area contributed by atoms with Crippen molar-refractivity contribution in [1.29, 1.82) is 0 Å². The third-order valence-corrected chi connectivity index (χ3v) is 3.89. The SMILES string of the molecule is Nc1nc(-c2ccccc2O)c(N=Nc2ccc(Cl)cc2)s1. The van der Waals surface area contributed by atoms with Crippen molar-refractivity contribution in [2.45, 2.75) is 0 Å². The molecule has 3 aromatic rings. The molecule has 0 aliphatic rings. The van der Waals surface area contributed by atoms with Crippen molar-refractivity contribution in [3.8, 4) is 17.0 Å². The number of phenolic OH excluding ortho intramolecular Hbond substituents is 1. The summed E-state index contributed by atoms with van der Waals surface area (Å²) in [5.41, 5.74) is 7.51. The van der Waals surface area contributed by atoms with Crippen molar-refractivity contribution in [1.82, 2.24) is 4.98 Å². The Hall–Kier alpha value is -2.44. The molecule has 0 aliphatic carbocycles. The van der Waals surface area contributed by atoms with Crippen LogP contribution in [0.3, 0.4) is 0 Å². The summed E-state index contributed by atoms with van der Waals surface area (Å²) in [6.45, 7) is 0. The number of rotatable bonds is 3. The lowest BCUT2D eigenvalue weighted by atomic mass is 10.1. The molecule has 0 unspecified atom stereocenters. The summed E-state index contributed by atoms with van der Waals surface area (Å²) in [7, 11) is 0. The highest BCUT2D eigenvalue weighted by molar-refractivity contribution is 7.19. The number of thiazole rings is 1. The third kappa shape index (κ3) is 3.08. The summed E-state index contributed by atoms with van der Waals surface area (Å²) in [5, 5.41) is 19.8. The summed E-state index contributed by atoms with van der Waals surface area (Å²) in [6, 6.07) is 13.9. The molecule has 0 saturated carbocycles. The minimum absolute atomic E-state index is 0.121. The van der Waals surface area contributed by atoms with Crippen LogP contribution in [-0.2, 0) is 0 Å².